The number of nitrogens with zero attached hydrogens (tertiary/aromatic N) is 1. The van der Waals surface area contributed by atoms with E-state index in [1.165, 1.54) is 4.90 Å². The van der Waals surface area contributed by atoms with Gasteiger partial charge in [-0.1, -0.05) is 18.2 Å². The molecule has 3 aromatic rings. The van der Waals surface area contributed by atoms with Gasteiger partial charge in [0.15, 0.2) is 17.5 Å². The molecule has 0 aliphatic heterocycles. The molecule has 166 valence electrons. The van der Waals surface area contributed by atoms with E-state index in [9.17, 15) is 13.6 Å². The summed E-state index contributed by atoms with van der Waals surface area (Å²) in [6.45, 7) is 2.13. The predicted molar refractivity (Wildman–Crippen MR) is 125 cm³/mol. The van der Waals surface area contributed by atoms with Crippen molar-refractivity contribution in [2.45, 2.75) is 19.8 Å². The number of hydroxylamine groups is 1. The summed E-state index contributed by atoms with van der Waals surface area (Å²) < 4.78 is 44.9. The highest BCUT2D eigenvalue weighted by molar-refractivity contribution is 14.1. The number of hydrogen-bond donors (Lipinski definition) is 1. The fraction of sp³-hybridized carbons (Fsp3) is 0.208. The molecule has 0 saturated heterocycles. The molecule has 0 bridgehead atoms. The Bertz CT molecular complexity index is 1150. The lowest BCUT2D eigenvalue weighted by Crippen LogP contribution is -2.28. The van der Waals surface area contributed by atoms with Gasteiger partial charge in [-0.3, -0.25) is 9.63 Å². The third-order valence-corrected chi connectivity index (χ3v) is 5.87. The monoisotopic (exact) mass is 552 g/mol. The Labute approximate surface area is 197 Å². The van der Waals surface area contributed by atoms with E-state index in [4.69, 9.17) is 4.84 Å². The van der Waals surface area contributed by atoms with E-state index < -0.39 is 29.0 Å². The normalized spacial score (nSPS) is 13.2. The number of halogens is 4. The van der Waals surface area contributed by atoms with Crippen LogP contribution >= 0.6 is 22.6 Å². The van der Waals surface area contributed by atoms with E-state index >= 15 is 4.39 Å². The van der Waals surface area contributed by atoms with Crippen LogP contribution in [0.3, 0.4) is 0 Å². The van der Waals surface area contributed by atoms with Crippen LogP contribution in [0, 0.1) is 33.9 Å². The molecule has 3 aromatic carbocycles. The molecule has 1 aliphatic rings. The largest absolute Gasteiger partial charge is 0.307 e. The Morgan fingerprint density at radius 2 is 1.81 bits per heavy atom. The van der Waals surface area contributed by atoms with Gasteiger partial charge in [0.05, 0.1) is 17.9 Å². The predicted octanol–water partition coefficient (Wildman–Crippen LogP) is 6.56. The van der Waals surface area contributed by atoms with Gasteiger partial charge in [-0.15, -0.1) is 0 Å². The van der Waals surface area contributed by atoms with Crippen LogP contribution < -0.4 is 10.4 Å². The molecule has 1 saturated carbocycles. The molecule has 0 unspecified atom stereocenters. The van der Waals surface area contributed by atoms with Crippen LogP contribution in [0.2, 0.25) is 0 Å². The van der Waals surface area contributed by atoms with Gasteiger partial charge >= 0.3 is 0 Å². The van der Waals surface area contributed by atoms with E-state index in [-0.39, 0.29) is 5.56 Å². The molecule has 1 aliphatic carbocycles. The van der Waals surface area contributed by atoms with Gasteiger partial charge < -0.3 is 4.90 Å². The zero-order valence-electron chi connectivity index (χ0n) is 17.2. The molecule has 0 heterocycles. The summed E-state index contributed by atoms with van der Waals surface area (Å²) in [5.74, 6) is -5.06. The van der Waals surface area contributed by atoms with Crippen LogP contribution in [-0.4, -0.2) is 12.5 Å². The first-order chi connectivity index (χ1) is 15.4. The molecular formula is C24H20F3IN2O2. The Morgan fingerprint density at radius 3 is 2.47 bits per heavy atom. The van der Waals surface area contributed by atoms with Crippen LogP contribution in [0.4, 0.5) is 30.2 Å². The molecule has 0 aromatic heterocycles. The van der Waals surface area contributed by atoms with Crippen molar-refractivity contribution < 1.29 is 22.8 Å². The number of rotatable bonds is 7. The van der Waals surface area contributed by atoms with Gasteiger partial charge in [0.25, 0.3) is 5.91 Å². The number of carbonyl (C=O) groups excluding carboxylic acids is 1. The highest BCUT2D eigenvalue weighted by atomic mass is 127. The molecule has 0 spiro atoms. The first kappa shape index (κ1) is 22.6. The van der Waals surface area contributed by atoms with E-state index in [1.54, 1.807) is 36.4 Å². The van der Waals surface area contributed by atoms with E-state index in [0.717, 1.165) is 22.0 Å². The van der Waals surface area contributed by atoms with Crippen molar-refractivity contribution in [3.63, 3.8) is 0 Å². The molecule has 1 N–H and O–H groups in total. The second-order valence-corrected chi connectivity index (χ2v) is 8.92. The zero-order chi connectivity index (χ0) is 22.8. The fourth-order valence-electron chi connectivity index (χ4n) is 3.38. The first-order valence-electron chi connectivity index (χ1n) is 10.1. The smallest absolute Gasteiger partial charge is 0.277 e. The topological polar surface area (TPSA) is 41.6 Å². The Kier molecular flexibility index (Phi) is 6.71. The standard InChI is InChI=1S/C24H20F3IN2O2/c1-14-11-16(28)9-10-20(14)30(17-5-3-2-4-6-17)23-18(12-19(25)21(26)22(23)27)24(31)29-32-13-15-7-8-15/h2-6,9-12,15H,7-8,13H2,1H3,(H,29,31). The van der Waals surface area contributed by atoms with Crippen molar-refractivity contribution in [1.29, 1.82) is 0 Å². The second-order valence-electron chi connectivity index (χ2n) is 7.67. The summed E-state index contributed by atoms with van der Waals surface area (Å²) >= 11 is 2.15. The molecule has 0 radical (unpaired) electrons. The zero-order valence-corrected chi connectivity index (χ0v) is 19.3. The van der Waals surface area contributed by atoms with E-state index in [1.807, 2.05) is 19.1 Å². The van der Waals surface area contributed by atoms with Gasteiger partial charge in [-0.05, 0) is 90.2 Å². The van der Waals surface area contributed by atoms with E-state index in [0.29, 0.717) is 30.0 Å². The summed E-state index contributed by atoms with van der Waals surface area (Å²) in [4.78, 5) is 19.5. The maximum Gasteiger partial charge on any atom is 0.277 e. The number of nitrogens with one attached hydrogen (secondary N) is 1. The summed E-state index contributed by atoms with van der Waals surface area (Å²) in [6.07, 6.45) is 2.02. The van der Waals surface area contributed by atoms with Gasteiger partial charge in [0, 0.05) is 14.9 Å². The highest BCUT2D eigenvalue weighted by Gasteiger charge is 2.30. The quantitative estimate of drug-likeness (QED) is 0.205. The van der Waals surface area contributed by atoms with Gasteiger partial charge in [-0.25, -0.2) is 18.7 Å². The average molecular weight is 552 g/mol. The molecule has 4 rings (SSSR count). The Hall–Kier alpha value is -2.59. The number of aryl methyl sites for hydroxylation is 1. The third kappa shape index (κ3) is 4.75. The van der Waals surface area contributed by atoms with Crippen molar-refractivity contribution in [1.82, 2.24) is 5.48 Å². The number of hydrogen-bond acceptors (Lipinski definition) is 3. The minimum absolute atomic E-state index is 0.311. The van der Waals surface area contributed by atoms with Gasteiger partial charge in [0.1, 0.15) is 0 Å². The lowest BCUT2D eigenvalue weighted by atomic mass is 10.1. The molecule has 0 atom stereocenters. The van der Waals surface area contributed by atoms with Gasteiger partial charge in [-0.2, -0.15) is 0 Å². The van der Waals surface area contributed by atoms with Crippen LogP contribution in [-0.2, 0) is 4.84 Å². The van der Waals surface area contributed by atoms with Crippen LogP contribution in [0.25, 0.3) is 0 Å². The van der Waals surface area contributed by atoms with E-state index in [2.05, 4.69) is 28.1 Å². The molecule has 1 amide bonds. The van der Waals surface area contributed by atoms with Crippen molar-refractivity contribution in [2.24, 2.45) is 5.92 Å². The number of para-hydroxylation sites is 1. The summed E-state index contributed by atoms with van der Waals surface area (Å²) in [5.41, 5.74) is 3.24. The summed E-state index contributed by atoms with van der Waals surface area (Å²) in [5, 5.41) is 0. The maximum atomic E-state index is 15.3. The highest BCUT2D eigenvalue weighted by Crippen LogP contribution is 2.41. The number of benzene rings is 3. The fourth-order valence-corrected chi connectivity index (χ4v) is 4.02. The van der Waals surface area contributed by atoms with Crippen molar-refractivity contribution in [3.05, 3.63) is 86.7 Å². The van der Waals surface area contributed by atoms with Crippen molar-refractivity contribution in [2.75, 3.05) is 11.5 Å². The van der Waals surface area contributed by atoms with Crippen molar-refractivity contribution in [3.8, 4) is 0 Å². The molecular weight excluding hydrogens is 532 g/mol. The van der Waals surface area contributed by atoms with Crippen LogP contribution in [0.5, 0.6) is 0 Å². The Morgan fingerprint density at radius 1 is 1.09 bits per heavy atom. The van der Waals surface area contributed by atoms with Gasteiger partial charge in [0.2, 0.25) is 0 Å². The lowest BCUT2D eigenvalue weighted by Gasteiger charge is -2.29. The molecule has 4 nitrogen and oxygen atoms in total. The minimum atomic E-state index is -1.65. The summed E-state index contributed by atoms with van der Waals surface area (Å²) in [7, 11) is 0. The third-order valence-electron chi connectivity index (χ3n) is 5.20. The second kappa shape index (κ2) is 9.50. The molecule has 32 heavy (non-hydrogen) atoms. The average Bonchev–Trinajstić information content (AvgIpc) is 3.60. The SMILES string of the molecule is Cc1cc(I)ccc1N(c1ccccc1)c1c(C(=O)NOCC2CC2)cc(F)c(F)c1F. The maximum absolute atomic E-state index is 15.3. The number of carbonyl (C=O) groups is 1. The minimum Gasteiger partial charge on any atom is -0.307 e. The lowest BCUT2D eigenvalue weighted by molar-refractivity contribution is 0.0270. The van der Waals surface area contributed by atoms with Crippen LogP contribution in [0.1, 0.15) is 28.8 Å². The first-order valence-corrected chi connectivity index (χ1v) is 11.2. The number of anilines is 3. The Balaban J connectivity index is 1.87. The van der Waals surface area contributed by atoms with Crippen LogP contribution in [0.15, 0.2) is 54.6 Å². The molecule has 1 fully saturated rings. The molecule has 8 heteroatoms. The number of amides is 1. The van der Waals surface area contributed by atoms with Crippen molar-refractivity contribution >= 4 is 45.6 Å². The summed E-state index contributed by atoms with van der Waals surface area (Å²) in [6, 6.07) is 14.8.